The number of nitrogens with one attached hydrogen (secondary N) is 1. The lowest BCUT2D eigenvalue weighted by Gasteiger charge is -2.33. The Bertz CT molecular complexity index is 436. The molecule has 1 aromatic rings. The molecule has 1 rings (SSSR count). The van der Waals surface area contributed by atoms with Crippen molar-refractivity contribution in [1.82, 2.24) is 0 Å². The van der Waals surface area contributed by atoms with E-state index in [9.17, 15) is 5.26 Å². The van der Waals surface area contributed by atoms with E-state index in [1.807, 2.05) is 18.2 Å². The quantitative estimate of drug-likeness (QED) is 0.708. The van der Waals surface area contributed by atoms with Gasteiger partial charge in [0.25, 0.3) is 0 Å². The fourth-order valence-electron chi connectivity index (χ4n) is 2.33. The van der Waals surface area contributed by atoms with Crippen LogP contribution in [-0.4, -0.2) is 11.3 Å². The number of rotatable bonds is 7. The maximum absolute atomic E-state index is 9.44. The number of hydrogen-bond donors (Lipinski definition) is 1. The first-order chi connectivity index (χ1) is 9.16. The molecule has 0 aliphatic heterocycles. The standard InChI is InChI=1S/C16H24N2S/c1-5-16(6-2,7-3)18-14-10-9-11-15(19-8-4)13(14)12-17/h9-11,18H,5-8H2,1-4H3. The number of anilines is 1. The highest BCUT2D eigenvalue weighted by Crippen LogP contribution is 2.32. The number of thioether (sulfide) groups is 1. The Morgan fingerprint density at radius 2 is 1.79 bits per heavy atom. The van der Waals surface area contributed by atoms with Gasteiger partial charge in [-0.3, -0.25) is 0 Å². The van der Waals surface area contributed by atoms with E-state index in [4.69, 9.17) is 0 Å². The van der Waals surface area contributed by atoms with Crippen LogP contribution < -0.4 is 5.32 Å². The van der Waals surface area contributed by atoms with Gasteiger partial charge in [-0.15, -0.1) is 11.8 Å². The highest BCUT2D eigenvalue weighted by molar-refractivity contribution is 7.99. The number of benzene rings is 1. The molecule has 0 heterocycles. The van der Waals surface area contributed by atoms with Gasteiger partial charge in [-0.2, -0.15) is 5.26 Å². The minimum absolute atomic E-state index is 0.0983. The van der Waals surface area contributed by atoms with Crippen molar-refractivity contribution in [3.8, 4) is 6.07 Å². The Balaban J connectivity index is 3.14. The van der Waals surface area contributed by atoms with Crippen LogP contribution in [0.5, 0.6) is 0 Å². The molecule has 0 fully saturated rings. The smallest absolute Gasteiger partial charge is 0.102 e. The summed E-state index contributed by atoms with van der Waals surface area (Å²) < 4.78 is 0. The predicted octanol–water partition coefficient (Wildman–Crippen LogP) is 5.05. The molecule has 2 nitrogen and oxygen atoms in total. The average Bonchev–Trinajstić information content (AvgIpc) is 2.45. The van der Waals surface area contributed by atoms with Crippen LogP contribution in [0.25, 0.3) is 0 Å². The molecule has 0 bridgehead atoms. The summed E-state index contributed by atoms with van der Waals surface area (Å²) in [7, 11) is 0. The van der Waals surface area contributed by atoms with Crippen LogP contribution >= 0.6 is 11.8 Å². The Morgan fingerprint density at radius 3 is 2.26 bits per heavy atom. The summed E-state index contributed by atoms with van der Waals surface area (Å²) in [4.78, 5) is 1.08. The second kappa shape index (κ2) is 7.45. The lowest BCUT2D eigenvalue weighted by Crippen LogP contribution is -2.36. The Morgan fingerprint density at radius 1 is 1.16 bits per heavy atom. The molecule has 19 heavy (non-hydrogen) atoms. The van der Waals surface area contributed by atoms with Crippen LogP contribution in [0.3, 0.4) is 0 Å². The third kappa shape index (κ3) is 3.67. The predicted molar refractivity (Wildman–Crippen MR) is 84.8 cm³/mol. The fourth-order valence-corrected chi connectivity index (χ4v) is 3.11. The molecule has 0 saturated heterocycles. The van der Waals surface area contributed by atoms with Gasteiger partial charge >= 0.3 is 0 Å². The first-order valence-electron chi connectivity index (χ1n) is 7.10. The topological polar surface area (TPSA) is 35.8 Å². The second-order valence-corrected chi connectivity index (χ2v) is 6.00. The Hall–Kier alpha value is -1.14. The van der Waals surface area contributed by atoms with Crippen molar-refractivity contribution in [2.75, 3.05) is 11.1 Å². The average molecular weight is 276 g/mol. The van der Waals surface area contributed by atoms with E-state index in [1.54, 1.807) is 11.8 Å². The molecule has 0 aliphatic carbocycles. The maximum Gasteiger partial charge on any atom is 0.102 e. The van der Waals surface area contributed by atoms with Gasteiger partial charge in [0.1, 0.15) is 6.07 Å². The molecule has 0 aromatic heterocycles. The molecule has 0 saturated carbocycles. The molecule has 3 heteroatoms. The van der Waals surface area contributed by atoms with Crippen LogP contribution in [0.1, 0.15) is 52.5 Å². The zero-order chi connectivity index (χ0) is 14.3. The minimum Gasteiger partial charge on any atom is -0.379 e. The molecule has 1 N–H and O–H groups in total. The van der Waals surface area contributed by atoms with Crippen LogP contribution in [0.2, 0.25) is 0 Å². The van der Waals surface area contributed by atoms with Crippen molar-refractivity contribution in [2.45, 2.75) is 57.4 Å². The molecule has 0 unspecified atom stereocenters. The van der Waals surface area contributed by atoms with Crippen molar-refractivity contribution in [2.24, 2.45) is 0 Å². The molecular weight excluding hydrogens is 252 g/mol. The minimum atomic E-state index is 0.0983. The first-order valence-corrected chi connectivity index (χ1v) is 8.09. The Kier molecular flexibility index (Phi) is 6.24. The van der Waals surface area contributed by atoms with E-state index in [0.717, 1.165) is 41.2 Å². The Labute approximate surface area is 121 Å². The monoisotopic (exact) mass is 276 g/mol. The summed E-state index contributed by atoms with van der Waals surface area (Å²) in [5.74, 6) is 0.985. The van der Waals surface area contributed by atoms with E-state index >= 15 is 0 Å². The normalized spacial score (nSPS) is 11.1. The van der Waals surface area contributed by atoms with Crippen LogP contribution in [0.15, 0.2) is 23.1 Å². The summed E-state index contributed by atoms with van der Waals surface area (Å²) in [5, 5.41) is 13.1. The first kappa shape index (κ1) is 15.9. The van der Waals surface area contributed by atoms with Gasteiger partial charge in [0, 0.05) is 10.4 Å². The van der Waals surface area contributed by atoms with Crippen LogP contribution in [-0.2, 0) is 0 Å². The lowest BCUT2D eigenvalue weighted by atomic mass is 9.89. The molecule has 0 radical (unpaired) electrons. The molecule has 104 valence electrons. The largest absolute Gasteiger partial charge is 0.379 e. The summed E-state index contributed by atoms with van der Waals surface area (Å²) in [6.45, 7) is 8.73. The van der Waals surface area contributed by atoms with E-state index in [2.05, 4.69) is 39.1 Å². The van der Waals surface area contributed by atoms with Crippen molar-refractivity contribution in [1.29, 1.82) is 5.26 Å². The summed E-state index contributed by atoms with van der Waals surface area (Å²) in [6.07, 6.45) is 3.20. The molecule has 0 amide bonds. The van der Waals surface area contributed by atoms with Gasteiger partial charge in [0.2, 0.25) is 0 Å². The van der Waals surface area contributed by atoms with Gasteiger partial charge in [-0.1, -0.05) is 33.8 Å². The van der Waals surface area contributed by atoms with Gasteiger partial charge < -0.3 is 5.32 Å². The molecular formula is C16H24N2S. The van der Waals surface area contributed by atoms with Crippen molar-refractivity contribution < 1.29 is 0 Å². The highest BCUT2D eigenvalue weighted by atomic mass is 32.2. The molecule has 0 aliphatic rings. The highest BCUT2D eigenvalue weighted by Gasteiger charge is 2.24. The van der Waals surface area contributed by atoms with Crippen LogP contribution in [0.4, 0.5) is 5.69 Å². The van der Waals surface area contributed by atoms with Crippen molar-refractivity contribution in [3.63, 3.8) is 0 Å². The van der Waals surface area contributed by atoms with Gasteiger partial charge in [-0.25, -0.2) is 0 Å². The molecule has 0 spiro atoms. The van der Waals surface area contributed by atoms with Gasteiger partial charge in [0.05, 0.1) is 11.3 Å². The van der Waals surface area contributed by atoms with Gasteiger partial charge in [0.15, 0.2) is 0 Å². The third-order valence-electron chi connectivity index (χ3n) is 3.87. The van der Waals surface area contributed by atoms with E-state index in [1.165, 1.54) is 0 Å². The van der Waals surface area contributed by atoms with Crippen molar-refractivity contribution >= 4 is 17.4 Å². The SMILES string of the molecule is CCSc1cccc(NC(CC)(CC)CC)c1C#N. The van der Waals surface area contributed by atoms with E-state index in [0.29, 0.717) is 0 Å². The third-order valence-corrected chi connectivity index (χ3v) is 4.81. The maximum atomic E-state index is 9.44. The number of nitrogens with zero attached hydrogens (tertiary/aromatic N) is 1. The van der Waals surface area contributed by atoms with Gasteiger partial charge in [-0.05, 0) is 37.1 Å². The van der Waals surface area contributed by atoms with E-state index in [-0.39, 0.29) is 5.54 Å². The lowest BCUT2D eigenvalue weighted by molar-refractivity contribution is 0.420. The number of nitriles is 1. The van der Waals surface area contributed by atoms with E-state index < -0.39 is 0 Å². The summed E-state index contributed by atoms with van der Waals surface area (Å²) >= 11 is 1.73. The molecule has 1 aromatic carbocycles. The van der Waals surface area contributed by atoms with Crippen molar-refractivity contribution in [3.05, 3.63) is 23.8 Å². The second-order valence-electron chi connectivity index (χ2n) is 4.69. The zero-order valence-corrected chi connectivity index (χ0v) is 13.2. The molecule has 0 atom stereocenters. The fraction of sp³-hybridized carbons (Fsp3) is 0.562. The van der Waals surface area contributed by atoms with Crippen LogP contribution in [0, 0.1) is 11.3 Å². The summed E-state index contributed by atoms with van der Waals surface area (Å²) in [6, 6.07) is 8.45. The number of hydrogen-bond acceptors (Lipinski definition) is 3. The summed E-state index contributed by atoms with van der Waals surface area (Å²) in [5.41, 5.74) is 1.86. The zero-order valence-electron chi connectivity index (χ0n) is 12.4.